The second-order valence-electron chi connectivity index (χ2n) is 4.59. The number of carboxylic acid groups (broad SMARTS) is 1. The van der Waals surface area contributed by atoms with E-state index < -0.39 is 5.97 Å². The molecule has 1 aromatic heterocycles. The number of carboxylic acids is 1. The molecule has 0 saturated heterocycles. The van der Waals surface area contributed by atoms with E-state index in [0.29, 0.717) is 5.00 Å². The third-order valence-electron chi connectivity index (χ3n) is 3.34. The molecule has 1 aliphatic carbocycles. The minimum Gasteiger partial charge on any atom is -0.506 e. The van der Waals surface area contributed by atoms with Crippen molar-refractivity contribution < 1.29 is 15.0 Å². The Morgan fingerprint density at radius 1 is 1.26 bits per heavy atom. The van der Waals surface area contributed by atoms with E-state index >= 15 is 0 Å². The molecule has 3 N–H and O–H groups in total. The van der Waals surface area contributed by atoms with Gasteiger partial charge >= 0.3 is 5.97 Å². The highest BCUT2D eigenvalue weighted by Gasteiger charge is 2.18. The minimum absolute atomic E-state index is 0.0644. The number of aromatic hydroxyl groups is 1. The molecule has 0 radical (unpaired) electrons. The van der Waals surface area contributed by atoms with Gasteiger partial charge in [0.05, 0.1) is 0 Å². The van der Waals surface area contributed by atoms with Crippen LogP contribution < -0.4 is 5.32 Å². The van der Waals surface area contributed by atoms with Gasteiger partial charge in [0, 0.05) is 11.1 Å². The van der Waals surface area contributed by atoms with Gasteiger partial charge in [0.1, 0.15) is 16.3 Å². The SMILES string of the molecule is O=C(O)c1c(O)csc1Nc1ccc2c(c1)CCC2. The van der Waals surface area contributed by atoms with Crippen molar-refractivity contribution in [3.05, 3.63) is 40.3 Å². The summed E-state index contributed by atoms with van der Waals surface area (Å²) in [5.74, 6) is -1.32. The Morgan fingerprint density at radius 2 is 2.05 bits per heavy atom. The Morgan fingerprint density at radius 3 is 2.84 bits per heavy atom. The zero-order valence-corrected chi connectivity index (χ0v) is 11.0. The molecule has 1 heterocycles. The summed E-state index contributed by atoms with van der Waals surface area (Å²) in [6.07, 6.45) is 3.38. The zero-order chi connectivity index (χ0) is 13.4. The molecule has 0 unspecified atom stereocenters. The van der Waals surface area contributed by atoms with Crippen LogP contribution in [0.3, 0.4) is 0 Å². The highest BCUT2D eigenvalue weighted by atomic mass is 32.1. The van der Waals surface area contributed by atoms with Crippen molar-refractivity contribution in [2.75, 3.05) is 5.32 Å². The predicted octanol–water partition coefficient (Wildman–Crippen LogP) is 3.38. The first-order valence-electron chi connectivity index (χ1n) is 6.07. The second kappa shape index (κ2) is 4.59. The highest BCUT2D eigenvalue weighted by Crippen LogP contribution is 2.36. The third-order valence-corrected chi connectivity index (χ3v) is 4.22. The van der Waals surface area contributed by atoms with Gasteiger partial charge < -0.3 is 15.5 Å². The van der Waals surface area contributed by atoms with E-state index in [1.54, 1.807) is 0 Å². The number of rotatable bonds is 3. The number of nitrogens with one attached hydrogen (secondary N) is 1. The third kappa shape index (κ3) is 2.17. The van der Waals surface area contributed by atoms with Crippen LogP contribution in [0.5, 0.6) is 5.75 Å². The molecule has 1 aromatic carbocycles. The van der Waals surface area contributed by atoms with Crippen LogP contribution in [-0.2, 0) is 12.8 Å². The van der Waals surface area contributed by atoms with Crippen LogP contribution in [0.25, 0.3) is 0 Å². The number of aromatic carboxylic acids is 1. The number of carbonyl (C=O) groups is 1. The molecule has 0 spiro atoms. The van der Waals surface area contributed by atoms with Gasteiger partial charge in [-0.25, -0.2) is 4.79 Å². The molecule has 0 fully saturated rings. The average Bonchev–Trinajstić information content (AvgIpc) is 2.95. The Hall–Kier alpha value is -2.01. The van der Waals surface area contributed by atoms with Gasteiger partial charge in [0.25, 0.3) is 0 Å². The summed E-state index contributed by atoms with van der Waals surface area (Å²) in [6.45, 7) is 0. The fraction of sp³-hybridized carbons (Fsp3) is 0.214. The number of anilines is 2. The van der Waals surface area contributed by atoms with Crippen molar-refractivity contribution in [3.63, 3.8) is 0 Å². The maximum absolute atomic E-state index is 11.1. The van der Waals surface area contributed by atoms with Gasteiger partial charge in [-0.2, -0.15) is 0 Å². The van der Waals surface area contributed by atoms with E-state index in [0.717, 1.165) is 18.5 Å². The highest BCUT2D eigenvalue weighted by molar-refractivity contribution is 7.15. The van der Waals surface area contributed by atoms with Crippen LogP contribution in [-0.4, -0.2) is 16.2 Å². The lowest BCUT2D eigenvalue weighted by Crippen LogP contribution is -1.99. The van der Waals surface area contributed by atoms with E-state index in [1.807, 2.05) is 6.07 Å². The summed E-state index contributed by atoms with van der Waals surface area (Å²) in [5, 5.41) is 23.6. The van der Waals surface area contributed by atoms with Crippen molar-refractivity contribution in [3.8, 4) is 5.75 Å². The first-order chi connectivity index (χ1) is 9.15. The molecular formula is C14H13NO3S. The van der Waals surface area contributed by atoms with Crippen LogP contribution in [0.4, 0.5) is 10.7 Å². The summed E-state index contributed by atoms with van der Waals surface area (Å²) in [4.78, 5) is 11.1. The normalized spacial score (nSPS) is 13.3. The number of thiophene rings is 1. The van der Waals surface area contributed by atoms with Crippen molar-refractivity contribution in [2.24, 2.45) is 0 Å². The summed E-state index contributed by atoms with van der Waals surface area (Å²) >= 11 is 1.19. The first kappa shape index (κ1) is 12.0. The van der Waals surface area contributed by atoms with E-state index in [-0.39, 0.29) is 11.3 Å². The first-order valence-corrected chi connectivity index (χ1v) is 6.95. The van der Waals surface area contributed by atoms with Crippen LogP contribution in [0.15, 0.2) is 23.6 Å². The molecule has 1 aliphatic rings. The molecule has 98 valence electrons. The van der Waals surface area contributed by atoms with Crippen LogP contribution >= 0.6 is 11.3 Å². The number of fused-ring (bicyclic) bond motifs is 1. The molecule has 0 amide bonds. The largest absolute Gasteiger partial charge is 0.506 e. The minimum atomic E-state index is -1.12. The monoisotopic (exact) mass is 275 g/mol. The lowest BCUT2D eigenvalue weighted by atomic mass is 10.1. The maximum Gasteiger partial charge on any atom is 0.342 e. The van der Waals surface area contributed by atoms with Crippen molar-refractivity contribution in [2.45, 2.75) is 19.3 Å². The molecule has 4 nitrogen and oxygen atoms in total. The molecule has 3 rings (SSSR count). The van der Waals surface area contributed by atoms with E-state index in [9.17, 15) is 9.90 Å². The maximum atomic E-state index is 11.1. The number of aryl methyl sites for hydroxylation is 2. The van der Waals surface area contributed by atoms with E-state index in [4.69, 9.17) is 5.11 Å². The summed E-state index contributed by atoms with van der Waals surface area (Å²) in [6, 6.07) is 6.09. The molecule has 2 aromatic rings. The van der Waals surface area contributed by atoms with Gasteiger partial charge in [-0.3, -0.25) is 0 Å². The van der Waals surface area contributed by atoms with Crippen LogP contribution in [0.2, 0.25) is 0 Å². The summed E-state index contributed by atoms with van der Waals surface area (Å²) < 4.78 is 0. The number of hydrogen-bond donors (Lipinski definition) is 3. The Balaban J connectivity index is 1.91. The van der Waals surface area contributed by atoms with E-state index in [1.165, 1.54) is 34.3 Å². The lowest BCUT2D eigenvalue weighted by molar-refractivity contribution is 0.0695. The van der Waals surface area contributed by atoms with Gasteiger partial charge in [-0.15, -0.1) is 11.3 Å². The van der Waals surface area contributed by atoms with Gasteiger partial charge in [0.15, 0.2) is 0 Å². The Bertz CT molecular complexity index is 648. The van der Waals surface area contributed by atoms with Gasteiger partial charge in [0.2, 0.25) is 0 Å². The van der Waals surface area contributed by atoms with Crippen molar-refractivity contribution in [1.82, 2.24) is 0 Å². The van der Waals surface area contributed by atoms with Gasteiger partial charge in [-0.1, -0.05) is 6.07 Å². The molecular weight excluding hydrogens is 262 g/mol. The van der Waals surface area contributed by atoms with E-state index in [2.05, 4.69) is 17.4 Å². The quantitative estimate of drug-likeness (QED) is 0.803. The molecule has 5 heteroatoms. The van der Waals surface area contributed by atoms with Crippen molar-refractivity contribution >= 4 is 28.0 Å². The summed E-state index contributed by atoms with van der Waals surface area (Å²) in [7, 11) is 0. The summed E-state index contributed by atoms with van der Waals surface area (Å²) in [5.41, 5.74) is 3.50. The number of benzene rings is 1. The molecule has 0 bridgehead atoms. The zero-order valence-electron chi connectivity index (χ0n) is 10.1. The molecule has 0 saturated carbocycles. The second-order valence-corrected chi connectivity index (χ2v) is 5.47. The Labute approximate surface area is 114 Å². The fourth-order valence-corrected chi connectivity index (χ4v) is 3.26. The molecule has 0 atom stereocenters. The van der Waals surface area contributed by atoms with Crippen LogP contribution in [0, 0.1) is 0 Å². The Kier molecular flexibility index (Phi) is 2.91. The molecule has 19 heavy (non-hydrogen) atoms. The van der Waals surface area contributed by atoms with Gasteiger partial charge in [-0.05, 0) is 42.5 Å². The lowest BCUT2D eigenvalue weighted by Gasteiger charge is -2.07. The fourth-order valence-electron chi connectivity index (χ4n) is 2.43. The van der Waals surface area contributed by atoms with Crippen LogP contribution in [0.1, 0.15) is 27.9 Å². The molecule has 0 aliphatic heterocycles. The average molecular weight is 275 g/mol. The smallest absolute Gasteiger partial charge is 0.342 e. The predicted molar refractivity (Wildman–Crippen MR) is 74.7 cm³/mol. The van der Waals surface area contributed by atoms with Crippen molar-refractivity contribution in [1.29, 1.82) is 0 Å². The number of hydrogen-bond acceptors (Lipinski definition) is 4. The topological polar surface area (TPSA) is 69.6 Å². The standard InChI is InChI=1S/C14H13NO3S/c16-11-7-19-13(12(11)14(17)18)15-10-5-4-8-2-1-3-9(8)6-10/h4-7,15-16H,1-3H2,(H,17,18).